The summed E-state index contributed by atoms with van der Waals surface area (Å²) in [5.41, 5.74) is 1.97. The van der Waals surface area contributed by atoms with Crippen molar-refractivity contribution in [1.29, 1.82) is 0 Å². The number of hydrogen-bond acceptors (Lipinski definition) is 5. The van der Waals surface area contributed by atoms with Gasteiger partial charge in [0.05, 0.1) is 0 Å². The van der Waals surface area contributed by atoms with Crippen LogP contribution in [0.25, 0.3) is 0 Å². The Bertz CT molecular complexity index is 654. The Kier molecular flexibility index (Phi) is 5.51. The second-order valence-electron chi connectivity index (χ2n) is 8.81. The Morgan fingerprint density at radius 3 is 2.81 bits per heavy atom. The van der Waals surface area contributed by atoms with Crippen molar-refractivity contribution >= 4 is 6.09 Å². The third-order valence-corrected chi connectivity index (χ3v) is 5.02. The zero-order valence-corrected chi connectivity index (χ0v) is 16.8. The van der Waals surface area contributed by atoms with E-state index in [1.165, 1.54) is 11.3 Å². The number of aromatic nitrogens is 2. The number of hydrogen-bond donors (Lipinski definition) is 0. The van der Waals surface area contributed by atoms with Crippen molar-refractivity contribution in [2.75, 3.05) is 19.6 Å². The molecule has 0 saturated carbocycles. The molecule has 1 aromatic rings. The SMILES string of the molecule is CC(C)c1ncc2c(n1)CCN(CC1CCCN1C(=O)OC(C)(C)C)C2. The molecule has 3 heterocycles. The van der Waals surface area contributed by atoms with Crippen LogP contribution in [0.2, 0.25) is 0 Å². The van der Waals surface area contributed by atoms with E-state index in [2.05, 4.69) is 23.7 Å². The van der Waals surface area contributed by atoms with Gasteiger partial charge in [0.15, 0.2) is 0 Å². The molecule has 2 aliphatic heterocycles. The van der Waals surface area contributed by atoms with E-state index in [0.717, 1.165) is 51.3 Å². The first-order valence-electron chi connectivity index (χ1n) is 9.79. The molecule has 144 valence electrons. The van der Waals surface area contributed by atoms with Crippen molar-refractivity contribution in [3.63, 3.8) is 0 Å². The van der Waals surface area contributed by atoms with Gasteiger partial charge in [-0.25, -0.2) is 14.8 Å². The maximum absolute atomic E-state index is 12.5. The van der Waals surface area contributed by atoms with Gasteiger partial charge in [-0.15, -0.1) is 0 Å². The van der Waals surface area contributed by atoms with Crippen LogP contribution in [0.15, 0.2) is 6.20 Å². The van der Waals surface area contributed by atoms with Gasteiger partial charge in [-0.2, -0.15) is 0 Å². The fourth-order valence-corrected chi connectivity index (χ4v) is 3.71. The Morgan fingerprint density at radius 2 is 2.12 bits per heavy atom. The van der Waals surface area contributed by atoms with E-state index in [0.29, 0.717) is 5.92 Å². The van der Waals surface area contributed by atoms with E-state index < -0.39 is 5.60 Å². The average molecular weight is 361 g/mol. The van der Waals surface area contributed by atoms with Crippen molar-refractivity contribution in [1.82, 2.24) is 19.8 Å². The highest BCUT2D eigenvalue weighted by Crippen LogP contribution is 2.24. The number of fused-ring (bicyclic) bond motifs is 1. The zero-order valence-electron chi connectivity index (χ0n) is 16.8. The van der Waals surface area contributed by atoms with Gasteiger partial charge in [-0.05, 0) is 33.6 Å². The number of carbonyl (C=O) groups is 1. The number of ether oxygens (including phenoxy) is 1. The maximum atomic E-state index is 12.5. The number of amides is 1. The molecule has 26 heavy (non-hydrogen) atoms. The molecule has 6 nitrogen and oxygen atoms in total. The van der Waals surface area contributed by atoms with Crippen molar-refractivity contribution in [3.05, 3.63) is 23.3 Å². The van der Waals surface area contributed by atoms with Crippen LogP contribution in [0.4, 0.5) is 4.79 Å². The highest BCUT2D eigenvalue weighted by Gasteiger charge is 2.34. The molecular weight excluding hydrogens is 328 g/mol. The predicted octanol–water partition coefficient (Wildman–Crippen LogP) is 3.36. The Labute approximate surface area is 156 Å². The topological polar surface area (TPSA) is 58.6 Å². The molecule has 1 fully saturated rings. The van der Waals surface area contributed by atoms with Crippen LogP contribution in [-0.2, 0) is 17.7 Å². The van der Waals surface area contributed by atoms with E-state index in [4.69, 9.17) is 9.72 Å². The minimum Gasteiger partial charge on any atom is -0.444 e. The molecule has 2 aliphatic rings. The normalized spacial score (nSPS) is 21.2. The minimum absolute atomic E-state index is 0.178. The summed E-state index contributed by atoms with van der Waals surface area (Å²) in [5, 5.41) is 0. The van der Waals surface area contributed by atoms with Crippen molar-refractivity contribution in [2.24, 2.45) is 0 Å². The molecule has 1 unspecified atom stereocenters. The van der Waals surface area contributed by atoms with Gasteiger partial charge in [0.25, 0.3) is 0 Å². The Morgan fingerprint density at radius 1 is 1.35 bits per heavy atom. The first-order valence-corrected chi connectivity index (χ1v) is 9.79. The first kappa shape index (κ1) is 19.1. The smallest absolute Gasteiger partial charge is 0.410 e. The van der Waals surface area contributed by atoms with E-state index in [-0.39, 0.29) is 12.1 Å². The van der Waals surface area contributed by atoms with Crippen molar-refractivity contribution in [2.45, 2.75) is 78.0 Å². The number of likely N-dealkylation sites (tertiary alicyclic amines) is 1. The van der Waals surface area contributed by atoms with Crippen LogP contribution >= 0.6 is 0 Å². The van der Waals surface area contributed by atoms with Crippen LogP contribution in [0.3, 0.4) is 0 Å². The number of nitrogens with zero attached hydrogens (tertiary/aromatic N) is 4. The molecule has 1 saturated heterocycles. The molecule has 3 rings (SSSR count). The van der Waals surface area contributed by atoms with Crippen LogP contribution in [-0.4, -0.2) is 57.1 Å². The third kappa shape index (κ3) is 4.53. The molecule has 1 amide bonds. The van der Waals surface area contributed by atoms with Crippen LogP contribution in [0, 0.1) is 0 Å². The molecule has 0 aromatic carbocycles. The fraction of sp³-hybridized carbons (Fsp3) is 0.750. The summed E-state index contributed by atoms with van der Waals surface area (Å²) in [4.78, 5) is 26.1. The van der Waals surface area contributed by atoms with Crippen LogP contribution in [0.5, 0.6) is 0 Å². The van der Waals surface area contributed by atoms with Gasteiger partial charge < -0.3 is 9.64 Å². The van der Waals surface area contributed by atoms with Gasteiger partial charge in [-0.1, -0.05) is 13.8 Å². The molecule has 0 aliphatic carbocycles. The molecule has 0 bridgehead atoms. The largest absolute Gasteiger partial charge is 0.444 e. The van der Waals surface area contributed by atoms with Gasteiger partial charge in [0.2, 0.25) is 0 Å². The highest BCUT2D eigenvalue weighted by molar-refractivity contribution is 5.69. The molecule has 0 N–H and O–H groups in total. The van der Waals surface area contributed by atoms with Gasteiger partial charge in [0, 0.05) is 62.0 Å². The molecule has 0 radical (unpaired) electrons. The standard InChI is InChI=1S/C20H32N4O2/c1-14(2)18-21-11-15-12-23(10-8-17(15)22-18)13-16-7-6-9-24(16)19(25)26-20(3,4)5/h11,14,16H,6-10,12-13H2,1-5H3. The first-order chi connectivity index (χ1) is 12.2. The lowest BCUT2D eigenvalue weighted by atomic mass is 10.1. The summed E-state index contributed by atoms with van der Waals surface area (Å²) in [7, 11) is 0. The van der Waals surface area contributed by atoms with Crippen LogP contribution in [0.1, 0.15) is 70.5 Å². The fourth-order valence-electron chi connectivity index (χ4n) is 3.71. The summed E-state index contributed by atoms with van der Waals surface area (Å²) in [6.07, 6.45) is 4.86. The van der Waals surface area contributed by atoms with Crippen molar-refractivity contribution < 1.29 is 9.53 Å². The second kappa shape index (κ2) is 7.51. The molecule has 1 aromatic heterocycles. The average Bonchev–Trinajstić information content (AvgIpc) is 3.01. The number of carbonyl (C=O) groups excluding carboxylic acids is 1. The van der Waals surface area contributed by atoms with Gasteiger partial charge in [0.1, 0.15) is 11.4 Å². The quantitative estimate of drug-likeness (QED) is 0.827. The van der Waals surface area contributed by atoms with Gasteiger partial charge in [-0.3, -0.25) is 4.90 Å². The lowest BCUT2D eigenvalue weighted by molar-refractivity contribution is 0.0192. The Balaban J connectivity index is 1.62. The third-order valence-electron chi connectivity index (χ3n) is 5.02. The maximum Gasteiger partial charge on any atom is 0.410 e. The van der Waals surface area contributed by atoms with E-state index >= 15 is 0 Å². The highest BCUT2D eigenvalue weighted by atomic mass is 16.6. The van der Waals surface area contributed by atoms with E-state index in [1.54, 1.807) is 0 Å². The summed E-state index contributed by atoms with van der Waals surface area (Å²) >= 11 is 0. The molecule has 1 atom stereocenters. The monoisotopic (exact) mass is 360 g/mol. The summed E-state index contributed by atoms with van der Waals surface area (Å²) < 4.78 is 5.58. The Hall–Kier alpha value is -1.69. The number of rotatable bonds is 3. The summed E-state index contributed by atoms with van der Waals surface area (Å²) in [5.74, 6) is 1.29. The van der Waals surface area contributed by atoms with Crippen molar-refractivity contribution in [3.8, 4) is 0 Å². The van der Waals surface area contributed by atoms with E-state index in [1.807, 2.05) is 31.9 Å². The van der Waals surface area contributed by atoms with Gasteiger partial charge >= 0.3 is 6.09 Å². The lowest BCUT2D eigenvalue weighted by Gasteiger charge is -2.34. The molecular formula is C20H32N4O2. The molecule has 0 spiro atoms. The zero-order chi connectivity index (χ0) is 18.9. The second-order valence-corrected chi connectivity index (χ2v) is 8.81. The predicted molar refractivity (Wildman–Crippen MR) is 101 cm³/mol. The van der Waals surface area contributed by atoms with E-state index in [9.17, 15) is 4.79 Å². The lowest BCUT2D eigenvalue weighted by Crippen LogP contribution is -2.46. The summed E-state index contributed by atoms with van der Waals surface area (Å²) in [6, 6.07) is 0.238. The summed E-state index contributed by atoms with van der Waals surface area (Å²) in [6.45, 7) is 13.6. The minimum atomic E-state index is -0.445. The molecule has 6 heteroatoms. The van der Waals surface area contributed by atoms with Crippen LogP contribution < -0.4 is 0 Å².